The van der Waals surface area contributed by atoms with Crippen molar-refractivity contribution in [2.75, 3.05) is 17.7 Å². The molecule has 10 heteroatoms. The minimum atomic E-state index is -0.346. The van der Waals surface area contributed by atoms with Crippen LogP contribution in [0.2, 0.25) is 0 Å². The Hall–Kier alpha value is -2.56. The van der Waals surface area contributed by atoms with E-state index in [9.17, 15) is 9.59 Å². The lowest BCUT2D eigenvalue weighted by atomic mass is 10.2. The number of halogens is 1. The average molecular weight is 495 g/mol. The first kappa shape index (κ1) is 22.7. The molecule has 4 N–H and O–H groups in total. The highest BCUT2D eigenvalue weighted by Crippen LogP contribution is 2.25. The van der Waals surface area contributed by atoms with Gasteiger partial charge in [-0.15, -0.1) is 0 Å². The number of nitrogens with one attached hydrogen (secondary N) is 4. The molecule has 0 fully saturated rings. The number of carbonyl (C=O) groups is 2. The van der Waals surface area contributed by atoms with Gasteiger partial charge >= 0.3 is 0 Å². The number of anilines is 2. The number of hydrogen-bond donors (Lipinski definition) is 4. The Kier molecular flexibility index (Phi) is 8.50. The van der Waals surface area contributed by atoms with Gasteiger partial charge in [0.25, 0.3) is 5.91 Å². The van der Waals surface area contributed by atoms with Gasteiger partial charge < -0.3 is 20.7 Å². The van der Waals surface area contributed by atoms with Crippen LogP contribution in [0, 0.1) is 0 Å². The average Bonchev–Trinajstić information content (AvgIpc) is 2.69. The van der Waals surface area contributed by atoms with E-state index >= 15 is 0 Å². The van der Waals surface area contributed by atoms with Crippen LogP contribution in [0.4, 0.5) is 11.4 Å². The number of hydrogen-bond acceptors (Lipinski definition) is 5. The molecule has 152 valence electrons. The van der Waals surface area contributed by atoms with E-state index in [-0.39, 0.29) is 22.0 Å². The van der Waals surface area contributed by atoms with Gasteiger partial charge in [-0.2, -0.15) is 0 Å². The molecule has 0 aliphatic heterocycles. The molecule has 7 nitrogen and oxygen atoms in total. The molecular weight excluding hydrogens is 476 g/mol. The van der Waals surface area contributed by atoms with Crippen molar-refractivity contribution in [3.63, 3.8) is 0 Å². The fraction of sp³-hybridized carbons (Fsp3) is 0.158. The highest BCUT2D eigenvalue weighted by Gasteiger charge is 2.11. The highest BCUT2D eigenvalue weighted by molar-refractivity contribution is 9.10. The standard InChI is InChI=1S/C19H19BrN4O3S2/c1-3-16(25)23-18(28)21-12-5-7-13(8-6-12)22-19(29)24-17(26)11-4-9-15(27-2)14(20)10-11/h4-10H,3H2,1-2H3,(H2,21,23,25,28)(H2,22,24,26,29). The van der Waals surface area contributed by atoms with Crippen LogP contribution in [0.5, 0.6) is 5.75 Å². The lowest BCUT2D eigenvalue weighted by Gasteiger charge is -2.12. The van der Waals surface area contributed by atoms with Gasteiger partial charge in [0, 0.05) is 23.4 Å². The molecule has 29 heavy (non-hydrogen) atoms. The molecule has 0 bridgehead atoms. The number of carbonyl (C=O) groups excluding carboxylic acids is 2. The van der Waals surface area contributed by atoms with Crippen LogP contribution in [0.1, 0.15) is 23.7 Å². The molecule has 2 aromatic carbocycles. The normalized spacial score (nSPS) is 9.90. The van der Waals surface area contributed by atoms with Gasteiger partial charge in [0.2, 0.25) is 5.91 Å². The molecule has 2 rings (SSSR count). The molecular formula is C19H19BrN4O3S2. The third-order valence-corrected chi connectivity index (χ3v) is 4.64. The van der Waals surface area contributed by atoms with Crippen LogP contribution < -0.4 is 26.0 Å². The minimum absolute atomic E-state index is 0.161. The molecule has 0 unspecified atom stereocenters. The van der Waals surface area contributed by atoms with E-state index in [1.54, 1.807) is 56.5 Å². The molecule has 2 aromatic rings. The molecule has 0 saturated heterocycles. The van der Waals surface area contributed by atoms with Crippen LogP contribution in [0.15, 0.2) is 46.9 Å². The van der Waals surface area contributed by atoms with E-state index in [2.05, 4.69) is 37.2 Å². The van der Waals surface area contributed by atoms with Gasteiger partial charge in [-0.05, 0) is 82.8 Å². The Labute approximate surface area is 187 Å². The maximum absolute atomic E-state index is 12.3. The fourth-order valence-corrected chi connectivity index (χ4v) is 3.14. The van der Waals surface area contributed by atoms with Gasteiger partial charge in [0.1, 0.15) is 5.75 Å². The van der Waals surface area contributed by atoms with E-state index in [0.717, 1.165) is 0 Å². The van der Waals surface area contributed by atoms with Crippen LogP contribution in [0.3, 0.4) is 0 Å². The molecule has 0 saturated carbocycles. The summed E-state index contributed by atoms with van der Waals surface area (Å²) in [4.78, 5) is 23.6. The lowest BCUT2D eigenvalue weighted by Crippen LogP contribution is -2.34. The lowest BCUT2D eigenvalue weighted by molar-refractivity contribution is -0.119. The minimum Gasteiger partial charge on any atom is -0.496 e. The predicted octanol–water partition coefficient (Wildman–Crippen LogP) is 3.81. The van der Waals surface area contributed by atoms with Gasteiger partial charge in [-0.25, -0.2) is 0 Å². The number of benzene rings is 2. The monoisotopic (exact) mass is 494 g/mol. The Balaban J connectivity index is 1.90. The third-order valence-electron chi connectivity index (χ3n) is 3.62. The number of rotatable bonds is 5. The zero-order valence-electron chi connectivity index (χ0n) is 15.7. The van der Waals surface area contributed by atoms with Crippen molar-refractivity contribution in [3.05, 3.63) is 52.5 Å². The number of amides is 2. The first-order valence-electron chi connectivity index (χ1n) is 8.49. The predicted molar refractivity (Wildman–Crippen MR) is 125 cm³/mol. The quantitative estimate of drug-likeness (QED) is 0.469. The second-order valence-electron chi connectivity index (χ2n) is 5.69. The molecule has 0 aromatic heterocycles. The van der Waals surface area contributed by atoms with Gasteiger partial charge in [0.05, 0.1) is 11.6 Å². The highest BCUT2D eigenvalue weighted by atomic mass is 79.9. The van der Waals surface area contributed by atoms with Crippen molar-refractivity contribution in [1.29, 1.82) is 0 Å². The Bertz CT molecular complexity index is 936. The summed E-state index contributed by atoms with van der Waals surface area (Å²) >= 11 is 13.6. The van der Waals surface area contributed by atoms with Crippen LogP contribution >= 0.6 is 40.4 Å². The SMILES string of the molecule is CCC(=O)NC(=S)Nc1ccc(NC(=S)NC(=O)c2ccc(OC)c(Br)c2)cc1. The summed E-state index contributed by atoms with van der Waals surface area (Å²) in [5.41, 5.74) is 1.82. The summed E-state index contributed by atoms with van der Waals surface area (Å²) in [6.45, 7) is 1.74. The smallest absolute Gasteiger partial charge is 0.257 e. The second-order valence-corrected chi connectivity index (χ2v) is 7.36. The molecule has 0 atom stereocenters. The maximum Gasteiger partial charge on any atom is 0.257 e. The summed E-state index contributed by atoms with van der Waals surface area (Å²) in [7, 11) is 1.55. The van der Waals surface area contributed by atoms with E-state index in [4.69, 9.17) is 29.2 Å². The number of thiocarbonyl (C=S) groups is 2. The van der Waals surface area contributed by atoms with Crippen molar-refractivity contribution in [3.8, 4) is 5.75 Å². The first-order valence-corrected chi connectivity index (χ1v) is 10.1. The van der Waals surface area contributed by atoms with E-state index < -0.39 is 0 Å². The third kappa shape index (κ3) is 7.08. The molecule has 0 heterocycles. The second kappa shape index (κ2) is 10.8. The van der Waals surface area contributed by atoms with Crippen LogP contribution in [-0.4, -0.2) is 29.1 Å². The van der Waals surface area contributed by atoms with Crippen LogP contribution in [0.25, 0.3) is 0 Å². The summed E-state index contributed by atoms with van der Waals surface area (Å²) in [5.74, 6) is 0.122. The maximum atomic E-state index is 12.3. The Morgan fingerprint density at radius 1 is 0.966 bits per heavy atom. The fourth-order valence-electron chi connectivity index (χ4n) is 2.16. The molecule has 0 spiro atoms. The first-order chi connectivity index (χ1) is 13.8. The summed E-state index contributed by atoms with van der Waals surface area (Å²) in [6, 6.07) is 12.0. The Morgan fingerprint density at radius 2 is 1.52 bits per heavy atom. The van der Waals surface area contributed by atoms with Crippen LogP contribution in [-0.2, 0) is 4.79 Å². The van der Waals surface area contributed by atoms with Crippen molar-refractivity contribution in [2.24, 2.45) is 0 Å². The molecule has 0 aliphatic carbocycles. The largest absolute Gasteiger partial charge is 0.496 e. The van der Waals surface area contributed by atoms with Gasteiger partial charge in [-0.3, -0.25) is 14.9 Å². The van der Waals surface area contributed by atoms with E-state index in [1.165, 1.54) is 0 Å². The van der Waals surface area contributed by atoms with Crippen molar-refractivity contribution >= 4 is 73.8 Å². The van der Waals surface area contributed by atoms with E-state index in [1.807, 2.05) is 0 Å². The van der Waals surface area contributed by atoms with Gasteiger partial charge in [0.15, 0.2) is 10.2 Å². The summed E-state index contributed by atoms with van der Waals surface area (Å²) in [5, 5.41) is 11.4. The zero-order valence-corrected chi connectivity index (χ0v) is 18.9. The van der Waals surface area contributed by atoms with Crippen molar-refractivity contribution < 1.29 is 14.3 Å². The number of methoxy groups -OCH3 is 1. The molecule has 2 amide bonds. The summed E-state index contributed by atoms with van der Waals surface area (Å²) < 4.78 is 5.82. The topological polar surface area (TPSA) is 91.5 Å². The summed E-state index contributed by atoms with van der Waals surface area (Å²) in [6.07, 6.45) is 0.349. The van der Waals surface area contributed by atoms with Gasteiger partial charge in [-0.1, -0.05) is 6.92 Å². The van der Waals surface area contributed by atoms with Crippen molar-refractivity contribution in [2.45, 2.75) is 13.3 Å². The zero-order chi connectivity index (χ0) is 21.4. The molecule has 0 radical (unpaired) electrons. The van der Waals surface area contributed by atoms with Crippen molar-refractivity contribution in [1.82, 2.24) is 10.6 Å². The Morgan fingerprint density at radius 3 is 2.00 bits per heavy atom. The van der Waals surface area contributed by atoms with E-state index in [0.29, 0.717) is 33.6 Å². The molecule has 0 aliphatic rings. The number of ether oxygens (including phenoxy) is 1.